The lowest BCUT2D eigenvalue weighted by Crippen LogP contribution is -2.49. The first-order chi connectivity index (χ1) is 12.2. The summed E-state index contributed by atoms with van der Waals surface area (Å²) in [6, 6.07) is 3.63. The topological polar surface area (TPSA) is 95.9 Å². The minimum absolute atomic E-state index is 0.00321. The van der Waals surface area contributed by atoms with E-state index in [9.17, 15) is 27.6 Å². The number of nitrogens with one attached hydrogen (secondary N) is 1. The molecule has 1 saturated heterocycles. The minimum Gasteiger partial charge on any atom is -0.481 e. The van der Waals surface area contributed by atoms with Gasteiger partial charge in [-0.1, -0.05) is 0 Å². The summed E-state index contributed by atoms with van der Waals surface area (Å²) in [6.45, 7) is 0.211. The van der Waals surface area contributed by atoms with Crippen LogP contribution in [0.2, 0.25) is 0 Å². The third kappa shape index (κ3) is 5.45. The van der Waals surface area contributed by atoms with Crippen molar-refractivity contribution in [2.45, 2.75) is 18.7 Å². The monoisotopic (exact) mass is 374 g/mol. The Morgan fingerprint density at radius 3 is 2.46 bits per heavy atom. The Morgan fingerprint density at radius 1 is 1.23 bits per heavy atom. The molecule has 7 nitrogen and oxygen atoms in total. The van der Waals surface area contributed by atoms with Crippen molar-refractivity contribution >= 4 is 17.8 Å². The van der Waals surface area contributed by atoms with Crippen molar-refractivity contribution in [2.75, 3.05) is 26.2 Å². The molecule has 26 heavy (non-hydrogen) atoms. The highest BCUT2D eigenvalue weighted by molar-refractivity contribution is 5.96. The molecule has 0 aliphatic carbocycles. The van der Waals surface area contributed by atoms with E-state index in [4.69, 9.17) is 9.84 Å². The molecule has 0 spiro atoms. The van der Waals surface area contributed by atoms with Crippen molar-refractivity contribution in [3.05, 3.63) is 35.4 Å². The first-order valence-corrected chi connectivity index (χ1v) is 7.73. The van der Waals surface area contributed by atoms with Crippen LogP contribution in [0.25, 0.3) is 0 Å². The predicted molar refractivity (Wildman–Crippen MR) is 82.4 cm³/mol. The average Bonchev–Trinajstić information content (AvgIpc) is 2.58. The third-order valence-corrected chi connectivity index (χ3v) is 3.77. The van der Waals surface area contributed by atoms with Gasteiger partial charge in [0.25, 0.3) is 5.91 Å². The van der Waals surface area contributed by atoms with Gasteiger partial charge in [0.2, 0.25) is 5.91 Å². The number of carboxylic acid groups (broad SMARTS) is 1. The molecule has 1 aromatic rings. The number of hydrogen-bond acceptors (Lipinski definition) is 4. The van der Waals surface area contributed by atoms with Crippen LogP contribution in [-0.2, 0) is 20.5 Å². The van der Waals surface area contributed by atoms with Crippen LogP contribution in [0.1, 0.15) is 22.3 Å². The number of benzene rings is 1. The van der Waals surface area contributed by atoms with Gasteiger partial charge < -0.3 is 20.1 Å². The molecule has 10 heteroatoms. The van der Waals surface area contributed by atoms with Crippen LogP contribution in [0.4, 0.5) is 13.2 Å². The van der Waals surface area contributed by atoms with Crippen LogP contribution in [0.15, 0.2) is 24.3 Å². The minimum atomic E-state index is -4.49. The fourth-order valence-corrected chi connectivity index (χ4v) is 2.44. The Bertz CT molecular complexity index is 675. The molecule has 2 rings (SSSR count). The van der Waals surface area contributed by atoms with Crippen LogP contribution in [0.3, 0.4) is 0 Å². The van der Waals surface area contributed by atoms with Crippen LogP contribution in [0.5, 0.6) is 0 Å². The molecule has 1 heterocycles. The molecule has 1 atom stereocenters. The summed E-state index contributed by atoms with van der Waals surface area (Å²) in [4.78, 5) is 36.1. The molecule has 0 bridgehead atoms. The predicted octanol–water partition coefficient (Wildman–Crippen LogP) is 1.14. The molecular formula is C16H17F3N2O5. The molecule has 1 aliphatic heterocycles. The van der Waals surface area contributed by atoms with Crippen molar-refractivity contribution in [2.24, 2.45) is 0 Å². The first-order valence-electron chi connectivity index (χ1n) is 7.73. The van der Waals surface area contributed by atoms with E-state index in [2.05, 4.69) is 5.32 Å². The van der Waals surface area contributed by atoms with Crippen LogP contribution in [0, 0.1) is 0 Å². The van der Waals surface area contributed by atoms with E-state index in [0.29, 0.717) is 0 Å². The van der Waals surface area contributed by atoms with E-state index in [-0.39, 0.29) is 38.2 Å². The number of amides is 2. The maximum Gasteiger partial charge on any atom is 0.416 e. The number of alkyl halides is 3. The molecule has 0 saturated carbocycles. The molecule has 0 aromatic heterocycles. The smallest absolute Gasteiger partial charge is 0.416 e. The van der Waals surface area contributed by atoms with Gasteiger partial charge >= 0.3 is 12.1 Å². The van der Waals surface area contributed by atoms with Gasteiger partial charge in [0.15, 0.2) is 0 Å². The Balaban J connectivity index is 1.86. The zero-order chi connectivity index (χ0) is 19.3. The Morgan fingerprint density at radius 2 is 1.88 bits per heavy atom. The summed E-state index contributed by atoms with van der Waals surface area (Å²) in [6.07, 6.45) is -5.34. The van der Waals surface area contributed by atoms with E-state index >= 15 is 0 Å². The average molecular weight is 374 g/mol. The number of carboxylic acids is 1. The van der Waals surface area contributed by atoms with Gasteiger partial charge in [-0.3, -0.25) is 14.4 Å². The Hall–Kier alpha value is -2.62. The Labute approximate surface area is 146 Å². The number of aliphatic carboxylic acids is 1. The molecule has 0 radical (unpaired) electrons. The van der Waals surface area contributed by atoms with Gasteiger partial charge in [0.1, 0.15) is 0 Å². The van der Waals surface area contributed by atoms with Crippen molar-refractivity contribution in [3.63, 3.8) is 0 Å². The van der Waals surface area contributed by atoms with E-state index < -0.39 is 35.6 Å². The lowest BCUT2D eigenvalue weighted by atomic mass is 10.1. The second-order valence-electron chi connectivity index (χ2n) is 5.69. The summed E-state index contributed by atoms with van der Waals surface area (Å²) in [5, 5.41) is 11.1. The van der Waals surface area contributed by atoms with Crippen LogP contribution >= 0.6 is 0 Å². The highest BCUT2D eigenvalue weighted by atomic mass is 19.4. The van der Waals surface area contributed by atoms with Gasteiger partial charge in [0.05, 0.1) is 31.2 Å². The number of carbonyl (C=O) groups excluding carboxylic acids is 2. The fourth-order valence-electron chi connectivity index (χ4n) is 2.44. The van der Waals surface area contributed by atoms with Crippen molar-refractivity contribution in [1.29, 1.82) is 0 Å². The lowest BCUT2D eigenvalue weighted by molar-refractivity contribution is -0.147. The van der Waals surface area contributed by atoms with Crippen molar-refractivity contribution < 1.29 is 37.4 Å². The zero-order valence-electron chi connectivity index (χ0n) is 13.6. The van der Waals surface area contributed by atoms with Crippen LogP contribution < -0.4 is 5.32 Å². The van der Waals surface area contributed by atoms with Gasteiger partial charge in [-0.25, -0.2) is 0 Å². The van der Waals surface area contributed by atoms with E-state index in [1.165, 1.54) is 4.90 Å². The number of hydrogen-bond donors (Lipinski definition) is 2. The lowest BCUT2D eigenvalue weighted by Gasteiger charge is -2.32. The molecule has 2 amide bonds. The largest absolute Gasteiger partial charge is 0.481 e. The zero-order valence-corrected chi connectivity index (χ0v) is 13.6. The number of rotatable bonds is 5. The number of nitrogens with zero attached hydrogens (tertiary/aromatic N) is 1. The molecule has 1 aromatic carbocycles. The van der Waals surface area contributed by atoms with Crippen LogP contribution in [-0.4, -0.2) is 60.1 Å². The van der Waals surface area contributed by atoms with E-state index in [1.54, 1.807) is 0 Å². The van der Waals surface area contributed by atoms with Crippen molar-refractivity contribution in [1.82, 2.24) is 10.2 Å². The number of halogens is 3. The first kappa shape index (κ1) is 19.7. The summed E-state index contributed by atoms with van der Waals surface area (Å²) in [5.41, 5.74) is -0.876. The quantitative estimate of drug-likeness (QED) is 0.806. The molecule has 1 unspecified atom stereocenters. The second kappa shape index (κ2) is 8.17. The normalized spacial score (nSPS) is 17.7. The standard InChI is InChI=1S/C16H17F3N2O5/c17-16(18,19)11-3-1-10(2-4-11)15(25)20-8-13(22)21-5-6-26-12(9-21)7-14(23)24/h1-4,12H,5-9H2,(H,20,25)(H,23,24). The summed E-state index contributed by atoms with van der Waals surface area (Å²) >= 11 is 0. The summed E-state index contributed by atoms with van der Waals surface area (Å²) in [7, 11) is 0. The summed E-state index contributed by atoms with van der Waals surface area (Å²) < 4.78 is 42.7. The number of ether oxygens (including phenoxy) is 1. The number of carbonyl (C=O) groups is 3. The molecule has 1 fully saturated rings. The highest BCUT2D eigenvalue weighted by Gasteiger charge is 2.30. The van der Waals surface area contributed by atoms with Gasteiger partial charge in [-0.2, -0.15) is 13.2 Å². The van der Waals surface area contributed by atoms with Gasteiger partial charge in [-0.15, -0.1) is 0 Å². The van der Waals surface area contributed by atoms with E-state index in [0.717, 1.165) is 24.3 Å². The maximum atomic E-state index is 12.5. The maximum absolute atomic E-state index is 12.5. The highest BCUT2D eigenvalue weighted by Crippen LogP contribution is 2.29. The van der Waals surface area contributed by atoms with Gasteiger partial charge in [0, 0.05) is 18.7 Å². The fraction of sp³-hybridized carbons (Fsp3) is 0.438. The number of morpholine rings is 1. The molecular weight excluding hydrogens is 357 g/mol. The molecule has 2 N–H and O–H groups in total. The Kier molecular flexibility index (Phi) is 6.19. The summed E-state index contributed by atoms with van der Waals surface area (Å²) in [5.74, 6) is -2.15. The van der Waals surface area contributed by atoms with Crippen molar-refractivity contribution in [3.8, 4) is 0 Å². The second-order valence-corrected chi connectivity index (χ2v) is 5.69. The molecule has 142 valence electrons. The SMILES string of the molecule is O=C(O)CC1CN(C(=O)CNC(=O)c2ccc(C(F)(F)F)cc2)CCO1. The van der Waals surface area contributed by atoms with Gasteiger partial charge in [-0.05, 0) is 24.3 Å². The molecule has 1 aliphatic rings. The third-order valence-electron chi connectivity index (χ3n) is 3.77. The van der Waals surface area contributed by atoms with E-state index in [1.807, 2.05) is 0 Å².